The van der Waals surface area contributed by atoms with Gasteiger partial charge in [-0.1, -0.05) is 13.3 Å². The Hall–Kier alpha value is -0.260. The van der Waals surface area contributed by atoms with Crippen LogP contribution in [0.25, 0.3) is 0 Å². The highest BCUT2D eigenvalue weighted by Gasteiger charge is 2.40. The van der Waals surface area contributed by atoms with E-state index in [1.54, 1.807) is 11.8 Å². The fourth-order valence-corrected chi connectivity index (χ4v) is 3.25. The van der Waals surface area contributed by atoms with E-state index in [4.69, 9.17) is 0 Å². The third-order valence-electron chi connectivity index (χ3n) is 3.75. The molecule has 0 aromatic carbocycles. The van der Waals surface area contributed by atoms with Crippen LogP contribution in [0.3, 0.4) is 0 Å². The standard InChI is InChI=1S/C13H26N2O2S/c1-4-6-13(7-5-8-14-13)12(17)15-10(2)11(9-16)18-3/h10-11,14,16H,4-9H2,1-3H3,(H,15,17). The van der Waals surface area contributed by atoms with E-state index in [2.05, 4.69) is 17.6 Å². The zero-order valence-electron chi connectivity index (χ0n) is 11.7. The van der Waals surface area contributed by atoms with Gasteiger partial charge in [-0.25, -0.2) is 0 Å². The Morgan fingerprint density at radius 1 is 1.61 bits per heavy atom. The fraction of sp³-hybridized carbons (Fsp3) is 0.923. The van der Waals surface area contributed by atoms with E-state index in [1.165, 1.54) is 0 Å². The number of aliphatic hydroxyl groups is 1. The minimum absolute atomic E-state index is 0.00590. The number of amides is 1. The number of nitrogens with one attached hydrogen (secondary N) is 2. The lowest BCUT2D eigenvalue weighted by molar-refractivity contribution is -0.128. The maximum atomic E-state index is 12.4. The van der Waals surface area contributed by atoms with Gasteiger partial charge in [-0.2, -0.15) is 11.8 Å². The van der Waals surface area contributed by atoms with Crippen LogP contribution >= 0.6 is 11.8 Å². The second-order valence-electron chi connectivity index (χ2n) is 5.08. The van der Waals surface area contributed by atoms with E-state index in [-0.39, 0.29) is 29.3 Å². The molecule has 0 radical (unpaired) electrons. The molecule has 5 heteroatoms. The van der Waals surface area contributed by atoms with Crippen molar-refractivity contribution in [3.63, 3.8) is 0 Å². The summed E-state index contributed by atoms with van der Waals surface area (Å²) in [5.74, 6) is 0.0989. The van der Waals surface area contributed by atoms with Crippen LogP contribution in [0, 0.1) is 0 Å². The number of carbonyl (C=O) groups excluding carboxylic acids is 1. The van der Waals surface area contributed by atoms with Crippen molar-refractivity contribution >= 4 is 17.7 Å². The molecule has 3 unspecified atom stereocenters. The van der Waals surface area contributed by atoms with Gasteiger partial charge in [-0.3, -0.25) is 4.79 Å². The van der Waals surface area contributed by atoms with E-state index >= 15 is 0 Å². The molecule has 3 atom stereocenters. The Bertz CT molecular complexity index is 264. The molecule has 1 heterocycles. The first kappa shape index (κ1) is 15.8. The minimum atomic E-state index is -0.374. The first-order valence-electron chi connectivity index (χ1n) is 6.79. The lowest BCUT2D eigenvalue weighted by Crippen LogP contribution is -2.57. The Balaban J connectivity index is 2.61. The third-order valence-corrected chi connectivity index (χ3v) is 4.92. The molecule has 0 aromatic heterocycles. The second kappa shape index (κ2) is 7.36. The smallest absolute Gasteiger partial charge is 0.240 e. The number of thioether (sulfide) groups is 1. The predicted octanol–water partition coefficient (Wildman–Crippen LogP) is 1.14. The summed E-state index contributed by atoms with van der Waals surface area (Å²) in [7, 11) is 0. The van der Waals surface area contributed by atoms with E-state index in [0.717, 1.165) is 32.2 Å². The van der Waals surface area contributed by atoms with E-state index < -0.39 is 0 Å². The van der Waals surface area contributed by atoms with Crippen LogP contribution in [0.2, 0.25) is 0 Å². The third kappa shape index (κ3) is 3.62. The maximum absolute atomic E-state index is 12.4. The predicted molar refractivity (Wildman–Crippen MR) is 76.9 cm³/mol. The van der Waals surface area contributed by atoms with Gasteiger partial charge >= 0.3 is 0 Å². The first-order chi connectivity index (χ1) is 8.59. The van der Waals surface area contributed by atoms with Gasteiger partial charge in [0.05, 0.1) is 12.1 Å². The lowest BCUT2D eigenvalue weighted by atomic mass is 9.90. The SMILES string of the molecule is CCCC1(C(=O)NC(C)C(CO)SC)CCCN1. The summed E-state index contributed by atoms with van der Waals surface area (Å²) in [6, 6.07) is -0.00590. The average Bonchev–Trinajstić information content (AvgIpc) is 2.81. The highest BCUT2D eigenvalue weighted by Crippen LogP contribution is 2.25. The number of aliphatic hydroxyl groups excluding tert-OH is 1. The zero-order chi connectivity index (χ0) is 13.6. The van der Waals surface area contributed by atoms with Crippen LogP contribution in [0.5, 0.6) is 0 Å². The van der Waals surface area contributed by atoms with Gasteiger partial charge in [0.15, 0.2) is 0 Å². The molecule has 0 aliphatic carbocycles. The van der Waals surface area contributed by atoms with Crippen LogP contribution in [0.1, 0.15) is 39.5 Å². The van der Waals surface area contributed by atoms with Gasteiger partial charge in [-0.05, 0) is 39.0 Å². The minimum Gasteiger partial charge on any atom is -0.395 e. The number of hydrogen-bond donors (Lipinski definition) is 3. The molecule has 1 aliphatic heterocycles. The summed E-state index contributed by atoms with van der Waals surface area (Å²) in [4.78, 5) is 12.4. The molecule has 0 aromatic rings. The molecule has 1 aliphatic rings. The molecule has 0 bridgehead atoms. The van der Waals surface area contributed by atoms with Crippen molar-refractivity contribution in [2.45, 2.75) is 56.4 Å². The molecule has 3 N–H and O–H groups in total. The van der Waals surface area contributed by atoms with Crippen molar-refractivity contribution in [1.29, 1.82) is 0 Å². The molecule has 106 valence electrons. The van der Waals surface area contributed by atoms with Crippen LogP contribution in [0.15, 0.2) is 0 Å². The summed E-state index contributed by atoms with van der Waals surface area (Å²) in [5.41, 5.74) is -0.374. The highest BCUT2D eigenvalue weighted by atomic mass is 32.2. The molecule has 4 nitrogen and oxygen atoms in total. The first-order valence-corrected chi connectivity index (χ1v) is 8.08. The monoisotopic (exact) mass is 274 g/mol. The van der Waals surface area contributed by atoms with Crippen LogP contribution in [-0.4, -0.2) is 47.3 Å². The van der Waals surface area contributed by atoms with Gasteiger partial charge in [0, 0.05) is 11.3 Å². The largest absolute Gasteiger partial charge is 0.395 e. The Kier molecular flexibility index (Phi) is 6.46. The van der Waals surface area contributed by atoms with Crippen molar-refractivity contribution in [1.82, 2.24) is 10.6 Å². The van der Waals surface area contributed by atoms with Crippen molar-refractivity contribution in [3.8, 4) is 0 Å². The number of hydrogen-bond acceptors (Lipinski definition) is 4. The Morgan fingerprint density at radius 3 is 2.78 bits per heavy atom. The molecule has 0 spiro atoms. The highest BCUT2D eigenvalue weighted by molar-refractivity contribution is 7.99. The topological polar surface area (TPSA) is 61.4 Å². The molecular formula is C13H26N2O2S. The van der Waals surface area contributed by atoms with Gasteiger partial charge < -0.3 is 15.7 Å². The van der Waals surface area contributed by atoms with Crippen LogP contribution in [-0.2, 0) is 4.79 Å². The van der Waals surface area contributed by atoms with Gasteiger partial charge in [-0.15, -0.1) is 0 Å². The van der Waals surface area contributed by atoms with Gasteiger partial charge in [0.1, 0.15) is 0 Å². The lowest BCUT2D eigenvalue weighted by Gasteiger charge is -2.31. The quantitative estimate of drug-likeness (QED) is 0.651. The zero-order valence-corrected chi connectivity index (χ0v) is 12.5. The summed E-state index contributed by atoms with van der Waals surface area (Å²) in [6.45, 7) is 5.09. The second-order valence-corrected chi connectivity index (χ2v) is 6.16. The molecule has 18 heavy (non-hydrogen) atoms. The van der Waals surface area contributed by atoms with Gasteiger partial charge in [0.25, 0.3) is 0 Å². The van der Waals surface area contributed by atoms with Crippen LogP contribution < -0.4 is 10.6 Å². The van der Waals surface area contributed by atoms with Crippen molar-refractivity contribution in [3.05, 3.63) is 0 Å². The summed E-state index contributed by atoms with van der Waals surface area (Å²) >= 11 is 1.59. The van der Waals surface area contributed by atoms with E-state index in [1.807, 2.05) is 13.2 Å². The summed E-state index contributed by atoms with van der Waals surface area (Å²) in [5, 5.41) is 15.8. The summed E-state index contributed by atoms with van der Waals surface area (Å²) < 4.78 is 0. The summed E-state index contributed by atoms with van der Waals surface area (Å²) in [6.07, 6.45) is 5.82. The van der Waals surface area contributed by atoms with Gasteiger partial charge in [0.2, 0.25) is 5.91 Å². The van der Waals surface area contributed by atoms with Crippen molar-refractivity contribution in [2.24, 2.45) is 0 Å². The molecule has 1 fully saturated rings. The number of rotatable bonds is 7. The Morgan fingerprint density at radius 2 is 2.33 bits per heavy atom. The number of carbonyl (C=O) groups is 1. The van der Waals surface area contributed by atoms with E-state index in [9.17, 15) is 9.90 Å². The molecule has 1 saturated heterocycles. The van der Waals surface area contributed by atoms with Crippen molar-refractivity contribution in [2.75, 3.05) is 19.4 Å². The molecule has 1 rings (SSSR count). The molecule has 0 saturated carbocycles. The Labute approximate surface area is 114 Å². The normalized spacial score (nSPS) is 26.9. The molecule has 1 amide bonds. The van der Waals surface area contributed by atoms with E-state index in [0.29, 0.717) is 0 Å². The average molecular weight is 274 g/mol. The molecular weight excluding hydrogens is 248 g/mol. The van der Waals surface area contributed by atoms with Crippen molar-refractivity contribution < 1.29 is 9.90 Å². The maximum Gasteiger partial charge on any atom is 0.240 e. The fourth-order valence-electron chi connectivity index (χ4n) is 2.63. The van der Waals surface area contributed by atoms with Crippen LogP contribution in [0.4, 0.5) is 0 Å².